The molecule has 2 aliphatic heterocycles. The van der Waals surface area contributed by atoms with Gasteiger partial charge in [0.2, 0.25) is 11.8 Å². The maximum absolute atomic E-state index is 11.8. The van der Waals surface area contributed by atoms with E-state index in [0.29, 0.717) is 32.4 Å². The molecule has 0 saturated carbocycles. The lowest BCUT2D eigenvalue weighted by Gasteiger charge is -2.39. The third-order valence-electron chi connectivity index (χ3n) is 4.03. The molecule has 0 aromatic heterocycles. The minimum absolute atomic E-state index is 0.0584. The number of likely N-dealkylation sites (tertiary alicyclic amines) is 1. The summed E-state index contributed by atoms with van der Waals surface area (Å²) < 4.78 is 0.216. The molecule has 0 aromatic carbocycles. The summed E-state index contributed by atoms with van der Waals surface area (Å²) in [6.07, 6.45) is 1.64. The Morgan fingerprint density at radius 1 is 1.30 bits per heavy atom. The Morgan fingerprint density at radius 3 is 2.61 bits per heavy atom. The first kappa shape index (κ1) is 18.1. The standard InChI is InChI=1S/C16H28N4O2S/c1-4-17-15(19-10-11-23-16(2,3)12-19)18-8-9-20-13(21)6-5-7-14(20)22/h4-12H2,1-3H3,(H,17,18). The molecule has 2 amide bonds. The van der Waals surface area contributed by atoms with Gasteiger partial charge in [0.15, 0.2) is 5.96 Å². The molecule has 0 aromatic rings. The van der Waals surface area contributed by atoms with Crippen LogP contribution in [0.1, 0.15) is 40.0 Å². The number of aliphatic imine (C=N–C) groups is 1. The highest BCUT2D eigenvalue weighted by molar-refractivity contribution is 8.00. The summed E-state index contributed by atoms with van der Waals surface area (Å²) >= 11 is 1.98. The predicted molar refractivity (Wildman–Crippen MR) is 94.7 cm³/mol. The molecular weight excluding hydrogens is 312 g/mol. The zero-order valence-electron chi connectivity index (χ0n) is 14.4. The van der Waals surface area contributed by atoms with Crippen molar-refractivity contribution in [1.29, 1.82) is 0 Å². The van der Waals surface area contributed by atoms with Crippen molar-refractivity contribution in [2.45, 2.75) is 44.8 Å². The lowest BCUT2D eigenvalue weighted by Crippen LogP contribution is -2.51. The molecule has 2 fully saturated rings. The second-order valence-electron chi connectivity index (χ2n) is 6.56. The van der Waals surface area contributed by atoms with Gasteiger partial charge in [-0.05, 0) is 27.2 Å². The van der Waals surface area contributed by atoms with Crippen LogP contribution < -0.4 is 5.32 Å². The molecule has 0 spiro atoms. The minimum Gasteiger partial charge on any atom is -0.357 e. The van der Waals surface area contributed by atoms with Crippen molar-refractivity contribution in [2.24, 2.45) is 4.99 Å². The van der Waals surface area contributed by atoms with Crippen molar-refractivity contribution in [2.75, 3.05) is 38.5 Å². The molecular formula is C16H28N4O2S. The second-order valence-corrected chi connectivity index (χ2v) is 8.36. The van der Waals surface area contributed by atoms with Gasteiger partial charge in [0.25, 0.3) is 0 Å². The Bertz CT molecular complexity index is 463. The van der Waals surface area contributed by atoms with Gasteiger partial charge in [0.1, 0.15) is 0 Å². The molecule has 0 radical (unpaired) electrons. The first-order valence-corrected chi connectivity index (χ1v) is 9.42. The highest BCUT2D eigenvalue weighted by atomic mass is 32.2. The first-order valence-electron chi connectivity index (χ1n) is 8.43. The fourth-order valence-corrected chi connectivity index (χ4v) is 4.04. The van der Waals surface area contributed by atoms with Gasteiger partial charge in [-0.1, -0.05) is 0 Å². The summed E-state index contributed by atoms with van der Waals surface area (Å²) in [5.41, 5.74) is 0. The van der Waals surface area contributed by atoms with E-state index in [1.54, 1.807) is 0 Å². The number of piperidine rings is 1. The molecule has 23 heavy (non-hydrogen) atoms. The van der Waals surface area contributed by atoms with Gasteiger partial charge in [-0.15, -0.1) is 0 Å². The maximum atomic E-state index is 11.8. The summed E-state index contributed by atoms with van der Waals surface area (Å²) in [6, 6.07) is 0. The van der Waals surface area contributed by atoms with Crippen LogP contribution in [0.2, 0.25) is 0 Å². The third-order valence-corrected chi connectivity index (χ3v) is 5.33. The first-order chi connectivity index (χ1) is 10.9. The van der Waals surface area contributed by atoms with Crippen molar-refractivity contribution >= 4 is 29.5 Å². The van der Waals surface area contributed by atoms with E-state index in [1.807, 2.05) is 11.8 Å². The largest absolute Gasteiger partial charge is 0.357 e. The van der Waals surface area contributed by atoms with Crippen molar-refractivity contribution in [1.82, 2.24) is 15.1 Å². The number of carbonyl (C=O) groups is 2. The van der Waals surface area contributed by atoms with Gasteiger partial charge < -0.3 is 10.2 Å². The lowest BCUT2D eigenvalue weighted by molar-refractivity contribution is -0.147. The van der Waals surface area contributed by atoms with E-state index in [-0.39, 0.29) is 16.6 Å². The summed E-state index contributed by atoms with van der Waals surface area (Å²) in [7, 11) is 0. The van der Waals surface area contributed by atoms with Crippen LogP contribution in [0.3, 0.4) is 0 Å². The van der Waals surface area contributed by atoms with Crippen LogP contribution in [-0.2, 0) is 9.59 Å². The number of imide groups is 1. The molecule has 0 bridgehead atoms. The van der Waals surface area contributed by atoms with Crippen molar-refractivity contribution < 1.29 is 9.59 Å². The number of amides is 2. The smallest absolute Gasteiger partial charge is 0.229 e. The van der Waals surface area contributed by atoms with Gasteiger partial charge in [0.05, 0.1) is 6.54 Å². The zero-order chi connectivity index (χ0) is 16.9. The number of hydrogen-bond acceptors (Lipinski definition) is 4. The summed E-state index contributed by atoms with van der Waals surface area (Å²) in [6.45, 7) is 10.1. The van der Waals surface area contributed by atoms with E-state index < -0.39 is 0 Å². The molecule has 6 nitrogen and oxygen atoms in total. The fraction of sp³-hybridized carbons (Fsp3) is 0.812. The Hall–Kier alpha value is -1.24. The van der Waals surface area contributed by atoms with Crippen LogP contribution in [0.15, 0.2) is 4.99 Å². The number of rotatable bonds is 4. The molecule has 2 heterocycles. The van der Waals surface area contributed by atoms with Crippen LogP contribution in [0.4, 0.5) is 0 Å². The van der Waals surface area contributed by atoms with Gasteiger partial charge in [-0.2, -0.15) is 11.8 Å². The zero-order valence-corrected chi connectivity index (χ0v) is 15.2. The monoisotopic (exact) mass is 340 g/mol. The van der Waals surface area contributed by atoms with Gasteiger partial charge in [-0.3, -0.25) is 19.5 Å². The predicted octanol–water partition coefficient (Wildman–Crippen LogP) is 1.32. The van der Waals surface area contributed by atoms with E-state index in [4.69, 9.17) is 0 Å². The Balaban J connectivity index is 1.95. The SMILES string of the molecule is CCNC(=NCCN1C(=O)CCCC1=O)N1CCSC(C)(C)C1. The minimum atomic E-state index is -0.0584. The van der Waals surface area contributed by atoms with E-state index in [1.165, 1.54) is 4.90 Å². The molecule has 0 aliphatic carbocycles. The van der Waals surface area contributed by atoms with E-state index in [9.17, 15) is 9.59 Å². The lowest BCUT2D eigenvalue weighted by atomic mass is 10.1. The molecule has 2 aliphatic rings. The molecule has 0 atom stereocenters. The Morgan fingerprint density at radius 2 is 2.00 bits per heavy atom. The Kier molecular flexibility index (Phi) is 6.33. The highest BCUT2D eigenvalue weighted by Gasteiger charge is 2.29. The van der Waals surface area contributed by atoms with Crippen LogP contribution >= 0.6 is 11.8 Å². The van der Waals surface area contributed by atoms with Crippen molar-refractivity contribution in [3.63, 3.8) is 0 Å². The normalized spacial score (nSPS) is 22.5. The molecule has 2 rings (SSSR count). The average Bonchev–Trinajstić information content (AvgIpc) is 2.48. The van der Waals surface area contributed by atoms with E-state index in [0.717, 1.165) is 31.3 Å². The van der Waals surface area contributed by atoms with Gasteiger partial charge >= 0.3 is 0 Å². The second kappa shape index (κ2) is 8.04. The van der Waals surface area contributed by atoms with E-state index >= 15 is 0 Å². The van der Waals surface area contributed by atoms with E-state index in [2.05, 4.69) is 36.0 Å². The summed E-state index contributed by atoms with van der Waals surface area (Å²) in [5, 5.41) is 3.33. The highest BCUT2D eigenvalue weighted by Crippen LogP contribution is 2.29. The van der Waals surface area contributed by atoms with Crippen LogP contribution in [-0.4, -0.2) is 70.8 Å². The van der Waals surface area contributed by atoms with Crippen molar-refractivity contribution in [3.8, 4) is 0 Å². The third kappa shape index (κ3) is 5.12. The van der Waals surface area contributed by atoms with Gasteiger partial charge in [0, 0.05) is 49.5 Å². The molecule has 0 unspecified atom stereocenters. The number of nitrogens with zero attached hydrogens (tertiary/aromatic N) is 3. The van der Waals surface area contributed by atoms with Crippen LogP contribution in [0.5, 0.6) is 0 Å². The average molecular weight is 340 g/mol. The van der Waals surface area contributed by atoms with Crippen LogP contribution in [0, 0.1) is 0 Å². The van der Waals surface area contributed by atoms with Crippen molar-refractivity contribution in [3.05, 3.63) is 0 Å². The van der Waals surface area contributed by atoms with Gasteiger partial charge in [-0.25, -0.2) is 0 Å². The number of thioether (sulfide) groups is 1. The molecule has 130 valence electrons. The quantitative estimate of drug-likeness (QED) is 0.475. The fourth-order valence-electron chi connectivity index (χ4n) is 2.93. The molecule has 1 N–H and O–H groups in total. The number of carbonyl (C=O) groups excluding carboxylic acids is 2. The number of hydrogen-bond donors (Lipinski definition) is 1. The molecule has 7 heteroatoms. The number of nitrogens with one attached hydrogen (secondary N) is 1. The summed E-state index contributed by atoms with van der Waals surface area (Å²) in [4.78, 5) is 31.9. The maximum Gasteiger partial charge on any atom is 0.229 e. The van der Waals surface area contributed by atoms with Crippen LogP contribution in [0.25, 0.3) is 0 Å². The molecule has 2 saturated heterocycles. The topological polar surface area (TPSA) is 65.0 Å². The number of guanidine groups is 1. The Labute approximate surface area is 143 Å². The summed E-state index contributed by atoms with van der Waals surface area (Å²) in [5.74, 6) is 1.85.